The number of anilines is 1. The monoisotopic (exact) mass is 445 g/mol. The molecule has 0 spiro atoms. The van der Waals surface area contributed by atoms with Gasteiger partial charge in [0.05, 0.1) is 17.5 Å². The molecule has 2 aliphatic carbocycles. The van der Waals surface area contributed by atoms with E-state index in [4.69, 9.17) is 0 Å². The van der Waals surface area contributed by atoms with Crippen LogP contribution in [0.3, 0.4) is 0 Å². The van der Waals surface area contributed by atoms with Crippen LogP contribution in [0.4, 0.5) is 13.9 Å². The number of halogens is 2. The average Bonchev–Trinajstić information content (AvgIpc) is 3.50. The molecule has 7 nitrogen and oxygen atoms in total. The molecule has 1 saturated carbocycles. The highest BCUT2D eigenvalue weighted by Crippen LogP contribution is 2.52. The summed E-state index contributed by atoms with van der Waals surface area (Å²) >= 11 is 1.10. The molecule has 3 amide bonds. The van der Waals surface area contributed by atoms with Crippen molar-refractivity contribution in [3.8, 4) is 17.0 Å². The van der Waals surface area contributed by atoms with Crippen molar-refractivity contribution in [2.45, 2.75) is 13.0 Å². The number of fused-ring (bicyclic) bond motifs is 5. The van der Waals surface area contributed by atoms with Gasteiger partial charge >= 0.3 is 6.61 Å². The Bertz CT molecular complexity index is 1070. The molecule has 4 atom stereocenters. The molecule has 10 heteroatoms. The number of aromatic nitrogens is 1. The summed E-state index contributed by atoms with van der Waals surface area (Å²) in [5.74, 6) is -1.70. The number of carbonyl (C=O) groups is 3. The first kappa shape index (κ1) is 19.8. The van der Waals surface area contributed by atoms with Crippen molar-refractivity contribution in [2.24, 2.45) is 23.7 Å². The highest BCUT2D eigenvalue weighted by molar-refractivity contribution is 7.14. The first-order valence-electron chi connectivity index (χ1n) is 9.75. The van der Waals surface area contributed by atoms with Crippen LogP contribution in [0.1, 0.15) is 6.42 Å². The van der Waals surface area contributed by atoms with E-state index >= 15 is 0 Å². The highest BCUT2D eigenvalue weighted by atomic mass is 32.1. The molecule has 0 radical (unpaired) electrons. The summed E-state index contributed by atoms with van der Waals surface area (Å²) in [7, 11) is 0. The Balaban J connectivity index is 1.26. The summed E-state index contributed by atoms with van der Waals surface area (Å²) in [6.07, 6.45) is 4.81. The van der Waals surface area contributed by atoms with Crippen LogP contribution in [0.15, 0.2) is 41.8 Å². The lowest BCUT2D eigenvalue weighted by atomic mass is 9.85. The first-order chi connectivity index (χ1) is 14.9. The molecule has 3 aliphatic rings. The number of amides is 3. The van der Waals surface area contributed by atoms with Crippen LogP contribution in [-0.2, 0) is 14.4 Å². The maximum atomic E-state index is 12.7. The number of hydrogen-bond donors (Lipinski definition) is 1. The van der Waals surface area contributed by atoms with Gasteiger partial charge in [0.15, 0.2) is 5.13 Å². The van der Waals surface area contributed by atoms with Crippen LogP contribution in [0.2, 0.25) is 0 Å². The van der Waals surface area contributed by atoms with Crippen molar-refractivity contribution in [1.82, 2.24) is 9.88 Å². The summed E-state index contributed by atoms with van der Waals surface area (Å²) in [5.41, 5.74) is 0.724. The maximum Gasteiger partial charge on any atom is 0.387 e. The number of benzene rings is 1. The van der Waals surface area contributed by atoms with Gasteiger partial charge in [-0.05, 0) is 30.4 Å². The molecule has 1 aliphatic heterocycles. The lowest BCUT2D eigenvalue weighted by Gasteiger charge is -2.16. The van der Waals surface area contributed by atoms with Gasteiger partial charge in [0, 0.05) is 10.9 Å². The van der Waals surface area contributed by atoms with E-state index in [1.165, 1.54) is 6.07 Å². The number of para-hydroxylation sites is 1. The van der Waals surface area contributed by atoms with Crippen molar-refractivity contribution in [1.29, 1.82) is 0 Å². The zero-order chi connectivity index (χ0) is 21.7. The van der Waals surface area contributed by atoms with E-state index in [1.807, 2.05) is 12.2 Å². The lowest BCUT2D eigenvalue weighted by molar-refractivity contribution is -0.143. The van der Waals surface area contributed by atoms with E-state index < -0.39 is 12.5 Å². The minimum absolute atomic E-state index is 0.0243. The Labute approximate surface area is 179 Å². The van der Waals surface area contributed by atoms with E-state index in [0.717, 1.165) is 22.7 Å². The molecule has 2 heterocycles. The molecule has 1 aromatic carbocycles. The van der Waals surface area contributed by atoms with Gasteiger partial charge < -0.3 is 10.1 Å². The van der Waals surface area contributed by atoms with Crippen LogP contribution < -0.4 is 10.1 Å². The van der Waals surface area contributed by atoms with E-state index in [0.29, 0.717) is 11.3 Å². The Hall–Kier alpha value is -3.14. The third-order valence-electron chi connectivity index (χ3n) is 5.99. The number of hydrogen-bond acceptors (Lipinski definition) is 6. The number of thiazole rings is 1. The molecule has 31 heavy (non-hydrogen) atoms. The molecule has 1 aromatic heterocycles. The fourth-order valence-electron chi connectivity index (χ4n) is 4.75. The molecule has 160 valence electrons. The number of likely N-dealkylation sites (tertiary alicyclic amines) is 1. The number of carbonyl (C=O) groups excluding carboxylic acids is 3. The van der Waals surface area contributed by atoms with E-state index in [1.54, 1.807) is 23.6 Å². The van der Waals surface area contributed by atoms with Crippen molar-refractivity contribution < 1.29 is 27.9 Å². The van der Waals surface area contributed by atoms with E-state index in [-0.39, 0.29) is 52.9 Å². The molecule has 2 bridgehead atoms. The molecular formula is C21H17F2N3O4S. The predicted molar refractivity (Wildman–Crippen MR) is 107 cm³/mol. The Kier molecular flexibility index (Phi) is 4.81. The molecule has 2 fully saturated rings. The number of alkyl halides is 2. The fourth-order valence-corrected chi connectivity index (χ4v) is 5.48. The molecule has 5 rings (SSSR count). The standard InChI is InChI=1S/C21H17F2N3O4S/c22-20(23)30-14-4-2-1-3-12(14)13-9-31-21(24-13)25-15(27)8-26-18(28)16-10-5-6-11(7-10)17(16)19(26)29/h1-6,9-11,16-17,20H,7-8H2,(H,24,25,27). The summed E-state index contributed by atoms with van der Waals surface area (Å²) in [6, 6.07) is 6.22. The number of rotatable bonds is 6. The van der Waals surface area contributed by atoms with Gasteiger partial charge in [0.25, 0.3) is 0 Å². The number of allylic oxidation sites excluding steroid dienone is 2. The summed E-state index contributed by atoms with van der Waals surface area (Å²) in [5, 5.41) is 4.41. The summed E-state index contributed by atoms with van der Waals surface area (Å²) < 4.78 is 29.8. The molecule has 2 aromatic rings. The van der Waals surface area contributed by atoms with Crippen LogP contribution in [0.5, 0.6) is 5.75 Å². The van der Waals surface area contributed by atoms with Gasteiger partial charge in [0.1, 0.15) is 12.3 Å². The van der Waals surface area contributed by atoms with Gasteiger partial charge in [-0.3, -0.25) is 19.3 Å². The van der Waals surface area contributed by atoms with Crippen LogP contribution in [-0.4, -0.2) is 40.8 Å². The van der Waals surface area contributed by atoms with Crippen LogP contribution >= 0.6 is 11.3 Å². The number of ether oxygens (including phenoxy) is 1. The second-order valence-corrected chi connectivity index (χ2v) is 8.58. The minimum atomic E-state index is -2.97. The maximum absolute atomic E-state index is 12.7. The Morgan fingerprint density at radius 2 is 1.87 bits per heavy atom. The highest BCUT2D eigenvalue weighted by Gasteiger charge is 2.59. The lowest BCUT2D eigenvalue weighted by Crippen LogP contribution is -2.39. The average molecular weight is 445 g/mol. The molecular weight excluding hydrogens is 428 g/mol. The van der Waals surface area contributed by atoms with Crippen molar-refractivity contribution >= 4 is 34.2 Å². The Morgan fingerprint density at radius 3 is 2.55 bits per heavy atom. The quantitative estimate of drug-likeness (QED) is 0.545. The third-order valence-corrected chi connectivity index (χ3v) is 6.75. The zero-order valence-electron chi connectivity index (χ0n) is 16.0. The predicted octanol–water partition coefficient (Wildman–Crippen LogP) is 3.16. The van der Waals surface area contributed by atoms with Gasteiger partial charge in [-0.15, -0.1) is 11.3 Å². The second-order valence-electron chi connectivity index (χ2n) is 7.72. The number of imide groups is 1. The fraction of sp³-hybridized carbons (Fsp3) is 0.333. The largest absolute Gasteiger partial charge is 0.434 e. The van der Waals surface area contributed by atoms with E-state index in [2.05, 4.69) is 15.0 Å². The van der Waals surface area contributed by atoms with Gasteiger partial charge in [-0.2, -0.15) is 8.78 Å². The smallest absolute Gasteiger partial charge is 0.387 e. The second kappa shape index (κ2) is 7.52. The minimum Gasteiger partial charge on any atom is -0.434 e. The van der Waals surface area contributed by atoms with Gasteiger partial charge in [-0.1, -0.05) is 24.3 Å². The normalized spacial score (nSPS) is 26.1. The van der Waals surface area contributed by atoms with Crippen molar-refractivity contribution in [3.63, 3.8) is 0 Å². The van der Waals surface area contributed by atoms with Crippen molar-refractivity contribution in [3.05, 3.63) is 41.8 Å². The first-order valence-corrected chi connectivity index (χ1v) is 10.6. The van der Waals surface area contributed by atoms with E-state index in [9.17, 15) is 23.2 Å². The third kappa shape index (κ3) is 3.40. The van der Waals surface area contributed by atoms with Crippen LogP contribution in [0, 0.1) is 23.7 Å². The zero-order valence-corrected chi connectivity index (χ0v) is 16.9. The van der Waals surface area contributed by atoms with Crippen molar-refractivity contribution in [2.75, 3.05) is 11.9 Å². The number of nitrogens with zero attached hydrogens (tertiary/aromatic N) is 2. The SMILES string of the molecule is O=C(CN1C(=O)C2C3C=CC(C3)C2C1=O)Nc1nc(-c2ccccc2OC(F)F)cs1. The number of nitrogens with one attached hydrogen (secondary N) is 1. The topological polar surface area (TPSA) is 88.6 Å². The molecule has 1 N–H and O–H groups in total. The Morgan fingerprint density at radius 1 is 1.19 bits per heavy atom. The molecule has 4 unspecified atom stereocenters. The molecule has 1 saturated heterocycles. The van der Waals surface area contributed by atoms with Gasteiger partial charge in [0.2, 0.25) is 17.7 Å². The van der Waals surface area contributed by atoms with Gasteiger partial charge in [-0.25, -0.2) is 4.98 Å². The summed E-state index contributed by atoms with van der Waals surface area (Å²) in [4.78, 5) is 43.2. The summed E-state index contributed by atoms with van der Waals surface area (Å²) in [6.45, 7) is -3.34. The van der Waals surface area contributed by atoms with Crippen LogP contribution in [0.25, 0.3) is 11.3 Å².